The van der Waals surface area contributed by atoms with Crippen LogP contribution in [0.2, 0.25) is 0 Å². The maximum Gasteiger partial charge on any atom is 0.306 e. The van der Waals surface area contributed by atoms with Gasteiger partial charge in [0.25, 0.3) is 0 Å². The Kier molecular flexibility index (Phi) is 6.92. The molecule has 0 spiro atoms. The van der Waals surface area contributed by atoms with E-state index in [2.05, 4.69) is 6.58 Å². The molecule has 1 N–H and O–H groups in total. The Balaban J connectivity index is 1.72. The van der Waals surface area contributed by atoms with Crippen LogP contribution in [-0.4, -0.2) is 28.9 Å². The molecule has 0 aliphatic heterocycles. The van der Waals surface area contributed by atoms with E-state index in [9.17, 15) is 14.4 Å². The van der Waals surface area contributed by atoms with Gasteiger partial charge in [0.05, 0.1) is 5.92 Å². The summed E-state index contributed by atoms with van der Waals surface area (Å²) < 4.78 is 5.44. The number of rotatable bonds is 8. The second-order valence-electron chi connectivity index (χ2n) is 6.47. The van der Waals surface area contributed by atoms with Crippen molar-refractivity contribution in [1.82, 2.24) is 0 Å². The summed E-state index contributed by atoms with van der Waals surface area (Å²) in [5, 5.41) is 8.97. The first-order valence-electron chi connectivity index (χ1n) is 8.63. The molecule has 0 amide bonds. The van der Waals surface area contributed by atoms with E-state index >= 15 is 0 Å². The Morgan fingerprint density at radius 2 is 1.68 bits per heavy atom. The number of carboxylic acids is 1. The predicted octanol–water partition coefficient (Wildman–Crippen LogP) is 3.10. The summed E-state index contributed by atoms with van der Waals surface area (Å²) in [5.74, 6) is -1.33. The summed E-state index contributed by atoms with van der Waals surface area (Å²) in [6.07, 6.45) is 4.75. The van der Waals surface area contributed by atoms with E-state index in [4.69, 9.17) is 9.84 Å². The fraction of sp³-hybridized carbons (Fsp3) is 0.450. The quantitative estimate of drug-likeness (QED) is 0.579. The number of benzene rings is 1. The molecule has 134 valence electrons. The molecule has 5 heteroatoms. The maximum atomic E-state index is 12.0. The number of hydrogen-bond donors (Lipinski definition) is 1. The lowest BCUT2D eigenvalue weighted by Crippen LogP contribution is -2.27. The number of carboxylic acid groups (broad SMARTS) is 1. The lowest BCUT2D eigenvalue weighted by molar-refractivity contribution is -0.152. The zero-order valence-corrected chi connectivity index (χ0v) is 14.3. The molecule has 0 saturated heterocycles. The minimum absolute atomic E-state index is 0.0195. The summed E-state index contributed by atoms with van der Waals surface area (Å²) in [7, 11) is 0. The number of hydrogen-bond acceptors (Lipinski definition) is 4. The molecule has 0 heterocycles. The topological polar surface area (TPSA) is 80.7 Å². The van der Waals surface area contributed by atoms with Crippen LogP contribution in [0, 0.1) is 5.92 Å². The fourth-order valence-corrected chi connectivity index (χ4v) is 3.02. The van der Waals surface area contributed by atoms with Gasteiger partial charge in [-0.05, 0) is 49.3 Å². The van der Waals surface area contributed by atoms with Crippen LogP contribution in [0.15, 0.2) is 36.9 Å². The van der Waals surface area contributed by atoms with Crippen LogP contribution in [-0.2, 0) is 32.0 Å². The molecule has 0 bridgehead atoms. The third kappa shape index (κ3) is 6.18. The van der Waals surface area contributed by atoms with Crippen molar-refractivity contribution in [2.45, 2.75) is 51.0 Å². The normalized spacial score (nSPS) is 19.8. The van der Waals surface area contributed by atoms with Gasteiger partial charge in [-0.3, -0.25) is 14.4 Å². The van der Waals surface area contributed by atoms with Crippen molar-refractivity contribution in [2.24, 2.45) is 5.92 Å². The number of ether oxygens (including phenoxy) is 1. The largest absolute Gasteiger partial charge is 0.481 e. The minimum Gasteiger partial charge on any atom is -0.481 e. The van der Waals surface area contributed by atoms with Gasteiger partial charge in [0.15, 0.2) is 5.78 Å². The molecule has 0 radical (unpaired) electrons. The van der Waals surface area contributed by atoms with Crippen LogP contribution >= 0.6 is 0 Å². The molecule has 25 heavy (non-hydrogen) atoms. The van der Waals surface area contributed by atoms with Gasteiger partial charge in [-0.25, -0.2) is 0 Å². The summed E-state index contributed by atoms with van der Waals surface area (Å²) in [5.41, 5.74) is 1.94. The molecule has 1 aliphatic rings. The third-order valence-electron chi connectivity index (χ3n) is 4.57. The summed E-state index contributed by atoms with van der Waals surface area (Å²) in [6, 6.07) is 7.60. The zero-order valence-electron chi connectivity index (χ0n) is 14.3. The van der Waals surface area contributed by atoms with E-state index in [0.29, 0.717) is 44.9 Å². The van der Waals surface area contributed by atoms with Crippen molar-refractivity contribution in [3.05, 3.63) is 48.0 Å². The molecule has 1 fully saturated rings. The Labute approximate surface area is 147 Å². The minimum atomic E-state index is -0.761. The molecular weight excluding hydrogens is 320 g/mol. The van der Waals surface area contributed by atoms with Crippen molar-refractivity contribution >= 4 is 17.7 Å². The summed E-state index contributed by atoms with van der Waals surface area (Å²) in [4.78, 5) is 34.2. The molecule has 0 unspecified atom stereocenters. The molecule has 1 aromatic rings. The van der Waals surface area contributed by atoms with Crippen LogP contribution in [0.25, 0.3) is 0 Å². The van der Waals surface area contributed by atoms with Gasteiger partial charge in [-0.1, -0.05) is 30.8 Å². The summed E-state index contributed by atoms with van der Waals surface area (Å²) in [6.45, 7) is 3.45. The number of esters is 1. The average Bonchev–Trinajstić information content (AvgIpc) is 2.61. The number of aryl methyl sites for hydroxylation is 1. The Morgan fingerprint density at radius 1 is 1.08 bits per heavy atom. The van der Waals surface area contributed by atoms with Gasteiger partial charge in [0, 0.05) is 12.8 Å². The third-order valence-corrected chi connectivity index (χ3v) is 4.57. The summed E-state index contributed by atoms with van der Waals surface area (Å²) >= 11 is 0. The van der Waals surface area contributed by atoms with E-state index < -0.39 is 5.97 Å². The highest BCUT2D eigenvalue weighted by Gasteiger charge is 2.27. The van der Waals surface area contributed by atoms with Gasteiger partial charge in [0.2, 0.25) is 0 Å². The molecule has 1 aromatic carbocycles. The van der Waals surface area contributed by atoms with Crippen LogP contribution in [0.4, 0.5) is 0 Å². The first-order chi connectivity index (χ1) is 12.0. The van der Waals surface area contributed by atoms with Gasteiger partial charge in [0.1, 0.15) is 6.10 Å². The molecule has 0 atom stereocenters. The first kappa shape index (κ1) is 18.9. The van der Waals surface area contributed by atoms with Crippen molar-refractivity contribution in [1.29, 1.82) is 0 Å². The molecule has 5 nitrogen and oxygen atoms in total. The van der Waals surface area contributed by atoms with E-state index in [1.165, 1.54) is 6.08 Å². The fourth-order valence-electron chi connectivity index (χ4n) is 3.02. The monoisotopic (exact) mass is 344 g/mol. The maximum absolute atomic E-state index is 12.0. The lowest BCUT2D eigenvalue weighted by Gasteiger charge is -2.25. The van der Waals surface area contributed by atoms with E-state index in [-0.39, 0.29) is 23.8 Å². The number of allylic oxidation sites excluding steroid dienone is 1. The van der Waals surface area contributed by atoms with Crippen molar-refractivity contribution < 1.29 is 24.2 Å². The molecule has 1 saturated carbocycles. The van der Waals surface area contributed by atoms with Crippen LogP contribution < -0.4 is 0 Å². The van der Waals surface area contributed by atoms with Crippen molar-refractivity contribution in [3.8, 4) is 0 Å². The second-order valence-corrected chi connectivity index (χ2v) is 6.47. The zero-order chi connectivity index (χ0) is 18.2. The highest BCUT2D eigenvalue weighted by molar-refractivity contribution is 5.90. The van der Waals surface area contributed by atoms with E-state index in [0.717, 1.165) is 11.1 Å². The first-order valence-corrected chi connectivity index (χ1v) is 8.63. The second kappa shape index (κ2) is 9.16. The number of aliphatic carboxylic acids is 1. The molecule has 2 rings (SSSR count). The predicted molar refractivity (Wildman–Crippen MR) is 93.1 cm³/mol. The standard InChI is InChI=1S/C20H24O5/c1-2-17(21)13-15-5-3-14(4-6-15)7-12-19(22)25-18-10-8-16(9-11-18)20(23)24/h2-6,16,18H,1,7-13H2,(H,23,24). The highest BCUT2D eigenvalue weighted by atomic mass is 16.5. The van der Waals surface area contributed by atoms with Gasteiger partial charge >= 0.3 is 11.9 Å². The van der Waals surface area contributed by atoms with Crippen LogP contribution in [0.1, 0.15) is 43.2 Å². The Morgan fingerprint density at radius 3 is 2.24 bits per heavy atom. The average molecular weight is 344 g/mol. The van der Waals surface area contributed by atoms with Gasteiger partial charge in [-0.2, -0.15) is 0 Å². The lowest BCUT2D eigenvalue weighted by atomic mass is 9.87. The molecular formula is C20H24O5. The number of ketones is 1. The van der Waals surface area contributed by atoms with E-state index in [1.807, 2.05) is 24.3 Å². The van der Waals surface area contributed by atoms with Crippen molar-refractivity contribution in [3.63, 3.8) is 0 Å². The number of carbonyl (C=O) groups is 3. The van der Waals surface area contributed by atoms with E-state index in [1.54, 1.807) is 0 Å². The van der Waals surface area contributed by atoms with Crippen LogP contribution in [0.3, 0.4) is 0 Å². The van der Waals surface area contributed by atoms with Gasteiger partial charge in [-0.15, -0.1) is 0 Å². The smallest absolute Gasteiger partial charge is 0.306 e. The SMILES string of the molecule is C=CC(=O)Cc1ccc(CCC(=O)OC2CCC(C(=O)O)CC2)cc1. The molecule has 0 aromatic heterocycles. The Bertz CT molecular complexity index is 624. The highest BCUT2D eigenvalue weighted by Crippen LogP contribution is 2.26. The van der Waals surface area contributed by atoms with Gasteiger partial charge < -0.3 is 9.84 Å². The van der Waals surface area contributed by atoms with Crippen LogP contribution in [0.5, 0.6) is 0 Å². The number of carbonyl (C=O) groups excluding carboxylic acids is 2. The molecule has 1 aliphatic carbocycles. The Hall–Kier alpha value is -2.43. The van der Waals surface area contributed by atoms with Crippen molar-refractivity contribution in [2.75, 3.05) is 0 Å².